The van der Waals surface area contributed by atoms with Crippen molar-refractivity contribution in [2.75, 3.05) is 33.4 Å². The fourth-order valence-corrected chi connectivity index (χ4v) is 2.40. The largest absolute Gasteiger partial charge is 0.481 e. The number of ether oxygens (including phenoxy) is 1. The first kappa shape index (κ1) is 17.7. The Morgan fingerprint density at radius 1 is 1.38 bits per heavy atom. The number of hydrogen-bond donors (Lipinski definition) is 3. The number of carbonyl (C=O) groups is 2. The van der Waals surface area contributed by atoms with Crippen molar-refractivity contribution in [3.8, 4) is 0 Å². The van der Waals surface area contributed by atoms with Gasteiger partial charge in [-0.1, -0.05) is 13.3 Å². The smallest absolute Gasteiger partial charge is 0.317 e. The second-order valence-corrected chi connectivity index (χ2v) is 5.75. The van der Waals surface area contributed by atoms with Gasteiger partial charge in [0.1, 0.15) is 0 Å². The van der Waals surface area contributed by atoms with Gasteiger partial charge in [-0.2, -0.15) is 0 Å². The molecule has 1 atom stereocenters. The molecular weight excluding hydrogens is 276 g/mol. The molecule has 0 bridgehead atoms. The monoisotopic (exact) mass is 302 g/mol. The normalized spacial score (nSPS) is 18.8. The van der Waals surface area contributed by atoms with E-state index >= 15 is 0 Å². The number of nitrogens with zero attached hydrogens (tertiary/aromatic N) is 1. The number of carbonyl (C=O) groups excluding carboxylic acids is 1. The second kappa shape index (κ2) is 8.19. The maximum absolute atomic E-state index is 12.0. The number of aliphatic carboxylic acids is 1. The van der Waals surface area contributed by atoms with Crippen LogP contribution in [0.15, 0.2) is 0 Å². The Hall–Kier alpha value is -1.34. The van der Waals surface area contributed by atoms with E-state index < -0.39 is 11.6 Å². The molecule has 0 aromatic carbocycles. The molecule has 7 heteroatoms. The molecule has 0 saturated carbocycles. The Labute approximate surface area is 125 Å². The highest BCUT2D eigenvalue weighted by molar-refractivity contribution is 5.74. The number of rotatable bonds is 7. The first-order valence-electron chi connectivity index (χ1n) is 7.37. The highest BCUT2D eigenvalue weighted by Crippen LogP contribution is 2.21. The average Bonchev–Trinajstić information content (AvgIpc) is 2.42. The molecule has 1 fully saturated rings. The van der Waals surface area contributed by atoms with Crippen LogP contribution in [0.2, 0.25) is 0 Å². The number of amides is 2. The van der Waals surface area contributed by atoms with E-state index in [-0.39, 0.29) is 24.9 Å². The molecule has 1 aliphatic heterocycles. The third-order valence-electron chi connectivity index (χ3n) is 3.88. The van der Waals surface area contributed by atoms with E-state index in [1.165, 1.54) is 4.90 Å². The van der Waals surface area contributed by atoms with Crippen molar-refractivity contribution in [2.24, 2.45) is 5.92 Å². The lowest BCUT2D eigenvalue weighted by Crippen LogP contribution is -2.50. The number of nitrogens with one attached hydrogen (secondary N) is 1. The summed E-state index contributed by atoms with van der Waals surface area (Å²) in [5.74, 6) is -0.938. The van der Waals surface area contributed by atoms with Gasteiger partial charge in [0.15, 0.2) is 0 Å². The second-order valence-electron chi connectivity index (χ2n) is 5.75. The molecule has 1 aliphatic rings. The van der Waals surface area contributed by atoms with Crippen LogP contribution in [0.4, 0.5) is 4.79 Å². The first-order chi connectivity index (χ1) is 9.86. The average molecular weight is 302 g/mol. The van der Waals surface area contributed by atoms with Gasteiger partial charge in [-0.05, 0) is 5.92 Å². The molecule has 3 N–H and O–H groups in total. The Morgan fingerprint density at radius 3 is 2.52 bits per heavy atom. The summed E-state index contributed by atoms with van der Waals surface area (Å²) in [6.07, 6.45) is 1.77. The van der Waals surface area contributed by atoms with E-state index in [1.54, 1.807) is 7.05 Å². The zero-order valence-electron chi connectivity index (χ0n) is 12.8. The van der Waals surface area contributed by atoms with Gasteiger partial charge in [0.25, 0.3) is 0 Å². The topological polar surface area (TPSA) is 99.1 Å². The molecule has 7 nitrogen and oxygen atoms in total. The molecule has 1 rings (SSSR count). The van der Waals surface area contributed by atoms with E-state index in [9.17, 15) is 14.7 Å². The SMILES string of the molecule is CCC(CNC(=O)N(C)CC1(O)CCOCC1)CC(=O)O. The predicted molar refractivity (Wildman–Crippen MR) is 77.1 cm³/mol. The maximum atomic E-state index is 12.0. The third-order valence-corrected chi connectivity index (χ3v) is 3.88. The van der Waals surface area contributed by atoms with E-state index in [2.05, 4.69) is 5.32 Å². The number of likely N-dealkylation sites (N-methyl/N-ethyl adjacent to an activating group) is 1. The number of carboxylic acid groups (broad SMARTS) is 1. The molecule has 2 amide bonds. The van der Waals surface area contributed by atoms with Crippen LogP contribution in [0.5, 0.6) is 0 Å². The van der Waals surface area contributed by atoms with E-state index in [0.717, 1.165) is 0 Å². The van der Waals surface area contributed by atoms with Crippen molar-refractivity contribution in [1.82, 2.24) is 10.2 Å². The van der Waals surface area contributed by atoms with Gasteiger partial charge in [-0.15, -0.1) is 0 Å². The van der Waals surface area contributed by atoms with Crippen LogP contribution in [0, 0.1) is 5.92 Å². The fraction of sp³-hybridized carbons (Fsp3) is 0.857. The lowest BCUT2D eigenvalue weighted by atomic mass is 9.94. The molecule has 0 aliphatic carbocycles. The molecule has 122 valence electrons. The molecule has 1 heterocycles. The summed E-state index contributed by atoms with van der Waals surface area (Å²) in [6, 6.07) is -0.293. The predicted octanol–water partition coefficient (Wildman–Crippen LogP) is 0.670. The van der Waals surface area contributed by atoms with E-state index in [0.29, 0.717) is 39.0 Å². The molecule has 0 spiro atoms. The number of aliphatic hydroxyl groups is 1. The Bertz CT molecular complexity index is 355. The quantitative estimate of drug-likeness (QED) is 0.642. The van der Waals surface area contributed by atoms with Crippen molar-refractivity contribution >= 4 is 12.0 Å². The lowest BCUT2D eigenvalue weighted by Gasteiger charge is -2.35. The summed E-state index contributed by atoms with van der Waals surface area (Å²) < 4.78 is 5.20. The molecule has 1 saturated heterocycles. The molecule has 1 unspecified atom stereocenters. The van der Waals surface area contributed by atoms with Gasteiger partial charge in [0.2, 0.25) is 0 Å². The minimum Gasteiger partial charge on any atom is -0.481 e. The minimum absolute atomic E-state index is 0.0434. The lowest BCUT2D eigenvalue weighted by molar-refractivity contribution is -0.138. The molecular formula is C14H26N2O5. The van der Waals surface area contributed by atoms with Crippen LogP contribution in [-0.2, 0) is 9.53 Å². The number of carboxylic acids is 1. The van der Waals surface area contributed by atoms with Crippen molar-refractivity contribution in [1.29, 1.82) is 0 Å². The van der Waals surface area contributed by atoms with Crippen LogP contribution in [-0.4, -0.2) is 66.1 Å². The van der Waals surface area contributed by atoms with Gasteiger partial charge in [-0.3, -0.25) is 4.79 Å². The van der Waals surface area contributed by atoms with E-state index in [1.807, 2.05) is 6.92 Å². The van der Waals surface area contributed by atoms with Crippen LogP contribution in [0.25, 0.3) is 0 Å². The van der Waals surface area contributed by atoms with Gasteiger partial charge >= 0.3 is 12.0 Å². The zero-order chi connectivity index (χ0) is 15.9. The van der Waals surface area contributed by atoms with Crippen molar-refractivity contribution < 1.29 is 24.5 Å². The van der Waals surface area contributed by atoms with Crippen LogP contribution in [0.1, 0.15) is 32.6 Å². The third kappa shape index (κ3) is 6.31. The van der Waals surface area contributed by atoms with Gasteiger partial charge in [0, 0.05) is 46.1 Å². The Kier molecular flexibility index (Phi) is 6.91. The summed E-state index contributed by atoms with van der Waals surface area (Å²) in [5.41, 5.74) is -0.893. The number of urea groups is 1. The highest BCUT2D eigenvalue weighted by atomic mass is 16.5. The summed E-state index contributed by atoms with van der Waals surface area (Å²) in [6.45, 7) is 3.48. The van der Waals surface area contributed by atoms with Gasteiger partial charge in [0.05, 0.1) is 12.1 Å². The van der Waals surface area contributed by atoms with Gasteiger partial charge in [-0.25, -0.2) is 4.79 Å². The standard InChI is InChI=1S/C14H26N2O5/c1-3-11(8-12(17)18)9-15-13(19)16(2)10-14(20)4-6-21-7-5-14/h11,20H,3-10H2,1-2H3,(H,15,19)(H,17,18). The minimum atomic E-state index is -0.893. The summed E-state index contributed by atoms with van der Waals surface area (Å²) in [7, 11) is 1.63. The Morgan fingerprint density at radius 2 is 2.00 bits per heavy atom. The summed E-state index contributed by atoms with van der Waals surface area (Å²) in [5, 5.41) is 21.9. The molecule has 0 aromatic heterocycles. The molecule has 21 heavy (non-hydrogen) atoms. The summed E-state index contributed by atoms with van der Waals surface area (Å²) >= 11 is 0. The molecule has 0 aromatic rings. The van der Waals surface area contributed by atoms with Crippen LogP contribution in [0.3, 0.4) is 0 Å². The highest BCUT2D eigenvalue weighted by Gasteiger charge is 2.32. The first-order valence-corrected chi connectivity index (χ1v) is 7.37. The summed E-state index contributed by atoms with van der Waals surface area (Å²) in [4.78, 5) is 24.1. The Balaban J connectivity index is 2.38. The van der Waals surface area contributed by atoms with Crippen molar-refractivity contribution in [3.05, 3.63) is 0 Å². The maximum Gasteiger partial charge on any atom is 0.317 e. The zero-order valence-corrected chi connectivity index (χ0v) is 12.8. The van der Waals surface area contributed by atoms with Crippen LogP contribution < -0.4 is 5.32 Å². The number of hydrogen-bond acceptors (Lipinski definition) is 4. The fourth-order valence-electron chi connectivity index (χ4n) is 2.40. The van der Waals surface area contributed by atoms with Gasteiger partial charge < -0.3 is 25.2 Å². The van der Waals surface area contributed by atoms with Crippen molar-refractivity contribution in [2.45, 2.75) is 38.2 Å². The van der Waals surface area contributed by atoms with E-state index in [4.69, 9.17) is 9.84 Å². The van der Waals surface area contributed by atoms with Crippen molar-refractivity contribution in [3.63, 3.8) is 0 Å². The molecule has 0 radical (unpaired) electrons. The van der Waals surface area contributed by atoms with Crippen LogP contribution >= 0.6 is 0 Å².